The molecule has 0 aliphatic heterocycles. The van der Waals surface area contributed by atoms with Crippen molar-refractivity contribution in [3.05, 3.63) is 11.1 Å². The molecule has 0 aromatic rings. The van der Waals surface area contributed by atoms with Gasteiger partial charge in [0.15, 0.2) is 0 Å². The van der Waals surface area contributed by atoms with Crippen LogP contribution in [0.15, 0.2) is 11.1 Å². The number of ether oxygens (including phenoxy) is 1. The molecule has 0 bridgehead atoms. The molecule has 3 nitrogen and oxygen atoms in total. The molecule has 0 aromatic carbocycles. The lowest BCUT2D eigenvalue weighted by Gasteiger charge is -2.19. The third-order valence-corrected chi connectivity index (χ3v) is 2.32. The van der Waals surface area contributed by atoms with Crippen LogP contribution in [0, 0.1) is 5.41 Å². The Morgan fingerprint density at radius 1 is 1.53 bits per heavy atom. The van der Waals surface area contributed by atoms with Crippen LogP contribution in [0.4, 0.5) is 4.79 Å². The molecule has 0 saturated heterocycles. The van der Waals surface area contributed by atoms with Crippen LogP contribution in [0.1, 0.15) is 33.6 Å². The standard InChI is InChI=1S/C11H20BrNO2/c1-4-15-10(14)13-9-5-6-11(2,3)7-8-12/h7-8H,4-6,9H2,1-3H3,(H,13,14)/b8-7+. The first-order chi connectivity index (χ1) is 7.02. The summed E-state index contributed by atoms with van der Waals surface area (Å²) in [5.41, 5.74) is 0.167. The lowest BCUT2D eigenvalue weighted by molar-refractivity contribution is 0.151. The maximum absolute atomic E-state index is 10.9. The predicted octanol–water partition coefficient (Wildman–Crippen LogP) is 3.45. The molecule has 4 heteroatoms. The van der Waals surface area contributed by atoms with Gasteiger partial charge in [-0.2, -0.15) is 0 Å². The molecule has 0 heterocycles. The van der Waals surface area contributed by atoms with E-state index in [-0.39, 0.29) is 11.5 Å². The number of amides is 1. The third-order valence-electron chi connectivity index (χ3n) is 2.06. The van der Waals surface area contributed by atoms with Crippen molar-refractivity contribution in [2.45, 2.75) is 33.6 Å². The zero-order valence-corrected chi connectivity index (χ0v) is 11.3. The molecule has 0 radical (unpaired) electrons. The van der Waals surface area contributed by atoms with E-state index < -0.39 is 0 Å². The van der Waals surface area contributed by atoms with Gasteiger partial charge in [-0.05, 0) is 30.2 Å². The second-order valence-corrected chi connectivity index (χ2v) is 4.56. The molecule has 0 rings (SSSR count). The second kappa shape index (κ2) is 7.74. The van der Waals surface area contributed by atoms with Gasteiger partial charge in [0.1, 0.15) is 0 Å². The number of hydrogen-bond acceptors (Lipinski definition) is 2. The molecular formula is C11H20BrNO2. The summed E-state index contributed by atoms with van der Waals surface area (Å²) in [5.74, 6) is 0. The first kappa shape index (κ1) is 14.5. The van der Waals surface area contributed by atoms with Crippen LogP contribution in [0.5, 0.6) is 0 Å². The van der Waals surface area contributed by atoms with Gasteiger partial charge in [0.2, 0.25) is 0 Å². The van der Waals surface area contributed by atoms with Crippen molar-refractivity contribution >= 4 is 22.0 Å². The van der Waals surface area contributed by atoms with Gasteiger partial charge in [-0.15, -0.1) is 0 Å². The maximum Gasteiger partial charge on any atom is 0.407 e. The first-order valence-electron chi connectivity index (χ1n) is 5.20. The summed E-state index contributed by atoms with van der Waals surface area (Å²) in [5, 5.41) is 2.70. The minimum Gasteiger partial charge on any atom is -0.450 e. The number of carbonyl (C=O) groups excluding carboxylic acids is 1. The van der Waals surface area contributed by atoms with Gasteiger partial charge in [0, 0.05) is 6.54 Å². The molecule has 15 heavy (non-hydrogen) atoms. The highest BCUT2D eigenvalue weighted by Gasteiger charge is 2.12. The van der Waals surface area contributed by atoms with Gasteiger partial charge < -0.3 is 10.1 Å². The van der Waals surface area contributed by atoms with Gasteiger partial charge in [0.05, 0.1) is 6.61 Å². The van der Waals surface area contributed by atoms with Crippen molar-refractivity contribution in [1.82, 2.24) is 5.32 Å². The van der Waals surface area contributed by atoms with Crippen LogP contribution in [-0.4, -0.2) is 19.2 Å². The Morgan fingerprint density at radius 3 is 2.73 bits per heavy atom. The van der Waals surface area contributed by atoms with Crippen molar-refractivity contribution in [2.75, 3.05) is 13.2 Å². The van der Waals surface area contributed by atoms with Crippen LogP contribution >= 0.6 is 15.9 Å². The Hall–Kier alpha value is -0.510. The molecule has 0 saturated carbocycles. The number of alkyl carbamates (subject to hydrolysis) is 1. The minimum absolute atomic E-state index is 0.167. The third kappa shape index (κ3) is 8.48. The lowest BCUT2D eigenvalue weighted by atomic mass is 9.88. The smallest absolute Gasteiger partial charge is 0.407 e. The summed E-state index contributed by atoms with van der Waals surface area (Å²) in [6, 6.07) is 0. The van der Waals surface area contributed by atoms with E-state index in [0.29, 0.717) is 13.2 Å². The predicted molar refractivity (Wildman–Crippen MR) is 66.1 cm³/mol. The fourth-order valence-corrected chi connectivity index (χ4v) is 1.89. The average Bonchev–Trinajstić information content (AvgIpc) is 2.13. The largest absolute Gasteiger partial charge is 0.450 e. The van der Waals surface area contributed by atoms with Crippen molar-refractivity contribution < 1.29 is 9.53 Å². The Bertz CT molecular complexity index is 215. The number of hydrogen-bond donors (Lipinski definition) is 1. The molecule has 0 aromatic heterocycles. The van der Waals surface area contributed by atoms with Gasteiger partial charge in [-0.25, -0.2) is 4.79 Å². The van der Waals surface area contributed by atoms with Gasteiger partial charge in [0.25, 0.3) is 0 Å². The molecule has 0 fully saturated rings. The Labute approximate surface area is 100 Å². The van der Waals surface area contributed by atoms with Gasteiger partial charge >= 0.3 is 6.09 Å². The van der Waals surface area contributed by atoms with Crippen LogP contribution in [-0.2, 0) is 4.74 Å². The highest BCUT2D eigenvalue weighted by atomic mass is 79.9. The molecular weight excluding hydrogens is 258 g/mol. The van der Waals surface area contributed by atoms with E-state index in [1.807, 2.05) is 4.99 Å². The van der Waals surface area contributed by atoms with Crippen molar-refractivity contribution in [2.24, 2.45) is 5.41 Å². The zero-order chi connectivity index (χ0) is 11.7. The molecule has 88 valence electrons. The van der Waals surface area contributed by atoms with E-state index in [9.17, 15) is 4.79 Å². The summed E-state index contributed by atoms with van der Waals surface area (Å²) >= 11 is 3.27. The van der Waals surface area contributed by atoms with E-state index in [2.05, 4.69) is 41.2 Å². The summed E-state index contributed by atoms with van der Waals surface area (Å²) in [6.07, 6.45) is 3.76. The van der Waals surface area contributed by atoms with Gasteiger partial charge in [-0.3, -0.25) is 0 Å². The Balaban J connectivity index is 3.58. The monoisotopic (exact) mass is 277 g/mol. The molecule has 0 spiro atoms. The highest BCUT2D eigenvalue weighted by molar-refractivity contribution is 9.11. The summed E-state index contributed by atoms with van der Waals surface area (Å²) in [7, 11) is 0. The number of carbonyl (C=O) groups is 1. The minimum atomic E-state index is -0.327. The second-order valence-electron chi connectivity index (χ2n) is 4.03. The molecule has 1 amide bonds. The molecule has 0 aliphatic carbocycles. The summed E-state index contributed by atoms with van der Waals surface area (Å²) < 4.78 is 4.75. The summed E-state index contributed by atoms with van der Waals surface area (Å²) in [4.78, 5) is 12.8. The topological polar surface area (TPSA) is 38.3 Å². The van der Waals surface area contributed by atoms with Crippen LogP contribution in [0.2, 0.25) is 0 Å². The number of nitrogens with one attached hydrogen (secondary N) is 1. The average molecular weight is 278 g/mol. The van der Waals surface area contributed by atoms with Crippen molar-refractivity contribution in [3.8, 4) is 0 Å². The number of allylic oxidation sites excluding steroid dienone is 1. The van der Waals surface area contributed by atoms with Crippen LogP contribution < -0.4 is 5.32 Å². The SMILES string of the molecule is CCOC(=O)NCCCC(C)(C)/C=C/Br. The van der Waals surface area contributed by atoms with Crippen LogP contribution in [0.25, 0.3) is 0 Å². The first-order valence-corrected chi connectivity index (χ1v) is 6.12. The fraction of sp³-hybridized carbons (Fsp3) is 0.727. The maximum atomic E-state index is 10.9. The van der Waals surface area contributed by atoms with E-state index in [1.165, 1.54) is 0 Å². The highest BCUT2D eigenvalue weighted by Crippen LogP contribution is 2.24. The Morgan fingerprint density at radius 2 is 2.20 bits per heavy atom. The molecule has 1 N–H and O–H groups in total. The van der Waals surface area contributed by atoms with E-state index >= 15 is 0 Å². The van der Waals surface area contributed by atoms with Crippen molar-refractivity contribution in [3.63, 3.8) is 0 Å². The summed E-state index contributed by atoms with van der Waals surface area (Å²) in [6.45, 7) is 7.20. The zero-order valence-electron chi connectivity index (χ0n) is 9.68. The molecule has 0 unspecified atom stereocenters. The quantitative estimate of drug-likeness (QED) is 0.756. The number of halogens is 1. The normalized spacial score (nSPS) is 11.7. The van der Waals surface area contributed by atoms with Gasteiger partial charge in [-0.1, -0.05) is 35.9 Å². The molecule has 0 aliphatic rings. The Kier molecular flexibility index (Phi) is 7.48. The van der Waals surface area contributed by atoms with E-state index in [0.717, 1.165) is 12.8 Å². The van der Waals surface area contributed by atoms with Crippen LogP contribution in [0.3, 0.4) is 0 Å². The van der Waals surface area contributed by atoms with Crippen molar-refractivity contribution in [1.29, 1.82) is 0 Å². The van der Waals surface area contributed by atoms with E-state index in [1.54, 1.807) is 6.92 Å². The lowest BCUT2D eigenvalue weighted by Crippen LogP contribution is -2.26. The van der Waals surface area contributed by atoms with E-state index in [4.69, 9.17) is 4.74 Å². The fourth-order valence-electron chi connectivity index (χ4n) is 1.17. The number of rotatable bonds is 6. The molecule has 0 atom stereocenters.